The Balaban J connectivity index is 1.92. The Morgan fingerprint density at radius 2 is 2.14 bits per heavy atom. The van der Waals surface area contributed by atoms with Crippen molar-refractivity contribution in [3.05, 3.63) is 23.3 Å². The van der Waals surface area contributed by atoms with Crippen molar-refractivity contribution in [2.45, 2.75) is 18.9 Å². The van der Waals surface area contributed by atoms with Crippen molar-refractivity contribution in [2.75, 3.05) is 13.9 Å². The molecule has 0 saturated heterocycles. The van der Waals surface area contributed by atoms with E-state index in [-0.39, 0.29) is 24.3 Å². The molecule has 1 saturated carbocycles. The molecule has 0 spiro atoms. The van der Waals surface area contributed by atoms with Crippen molar-refractivity contribution < 1.29 is 19.0 Å². The van der Waals surface area contributed by atoms with Gasteiger partial charge in [-0.05, 0) is 25.0 Å². The largest absolute Gasteiger partial charge is 0.496 e. The normalized spacial score (nSPS) is 16.3. The number of carbonyl (C=O) groups is 1. The second-order valence-electron chi connectivity index (χ2n) is 4.86. The molecule has 0 atom stereocenters. The number of hydrogen-bond acceptors (Lipinski definition) is 5. The zero-order valence-corrected chi connectivity index (χ0v) is 11.5. The predicted molar refractivity (Wildman–Crippen MR) is 73.9 cm³/mol. The van der Waals surface area contributed by atoms with Gasteiger partial charge in [0.05, 0.1) is 7.11 Å². The van der Waals surface area contributed by atoms with Gasteiger partial charge in [0.2, 0.25) is 6.79 Å². The summed E-state index contributed by atoms with van der Waals surface area (Å²) in [6.45, 7) is 0.152. The molecule has 1 amide bonds. The quantitative estimate of drug-likeness (QED) is 0.672. The van der Waals surface area contributed by atoms with Crippen molar-refractivity contribution in [1.82, 2.24) is 5.32 Å². The highest BCUT2D eigenvalue weighted by Crippen LogP contribution is 2.38. The number of nitrogens with zero attached hydrogens (tertiary/aromatic N) is 1. The molecule has 0 unspecified atom stereocenters. The van der Waals surface area contributed by atoms with Crippen LogP contribution in [0.2, 0.25) is 0 Å². The molecule has 3 rings (SSSR count). The van der Waals surface area contributed by atoms with Gasteiger partial charge in [-0.2, -0.15) is 5.26 Å². The van der Waals surface area contributed by atoms with Gasteiger partial charge in [-0.3, -0.25) is 4.79 Å². The monoisotopic (exact) mass is 286 g/mol. The average Bonchev–Trinajstić information content (AvgIpc) is 3.18. The van der Waals surface area contributed by atoms with Crippen molar-refractivity contribution in [1.29, 1.82) is 5.26 Å². The standard InChI is InChI=1S/C15H14N2O4/c1-19-12-6-14-13(20-8-21-14)5-9(12)4-10(7-16)15(18)17-11-2-3-11/h4-6,11H,2-3,8H2,1H3,(H,17,18)/b10-4+. The van der Waals surface area contributed by atoms with E-state index in [0.717, 1.165) is 12.8 Å². The van der Waals surface area contributed by atoms with E-state index in [9.17, 15) is 10.1 Å². The highest BCUT2D eigenvalue weighted by molar-refractivity contribution is 6.02. The minimum absolute atomic E-state index is 0.0408. The van der Waals surface area contributed by atoms with E-state index in [1.165, 1.54) is 13.2 Å². The maximum Gasteiger partial charge on any atom is 0.262 e. The van der Waals surface area contributed by atoms with Crippen LogP contribution in [-0.4, -0.2) is 25.9 Å². The molecule has 6 heteroatoms. The van der Waals surface area contributed by atoms with E-state index in [1.54, 1.807) is 12.1 Å². The number of ether oxygens (including phenoxy) is 3. The van der Waals surface area contributed by atoms with Gasteiger partial charge in [-0.25, -0.2) is 0 Å². The number of hydrogen-bond donors (Lipinski definition) is 1. The zero-order chi connectivity index (χ0) is 14.8. The Hall–Kier alpha value is -2.68. The maximum atomic E-state index is 12.0. The lowest BCUT2D eigenvalue weighted by Crippen LogP contribution is -2.26. The SMILES string of the molecule is COc1cc2c(cc1/C=C(\C#N)C(=O)NC1CC1)OCO2. The lowest BCUT2D eigenvalue weighted by atomic mass is 10.1. The van der Waals surface area contributed by atoms with Crippen molar-refractivity contribution in [3.8, 4) is 23.3 Å². The molecule has 0 aromatic heterocycles. The van der Waals surface area contributed by atoms with Crippen LogP contribution in [0.25, 0.3) is 6.08 Å². The molecule has 1 heterocycles. The summed E-state index contributed by atoms with van der Waals surface area (Å²) in [5, 5.41) is 12.0. The van der Waals surface area contributed by atoms with E-state index in [1.807, 2.05) is 6.07 Å². The summed E-state index contributed by atoms with van der Waals surface area (Å²) in [5.74, 6) is 1.32. The summed E-state index contributed by atoms with van der Waals surface area (Å²) in [5.41, 5.74) is 0.642. The smallest absolute Gasteiger partial charge is 0.262 e. The van der Waals surface area contributed by atoms with Gasteiger partial charge >= 0.3 is 0 Å². The first-order chi connectivity index (χ1) is 10.2. The number of methoxy groups -OCH3 is 1. The number of benzene rings is 1. The summed E-state index contributed by atoms with van der Waals surface area (Å²) in [7, 11) is 1.52. The topological polar surface area (TPSA) is 80.6 Å². The third-order valence-electron chi connectivity index (χ3n) is 3.30. The molecule has 2 aliphatic rings. The van der Waals surface area contributed by atoms with Crippen LogP contribution in [0.1, 0.15) is 18.4 Å². The number of amides is 1. The molecule has 6 nitrogen and oxygen atoms in total. The first-order valence-electron chi connectivity index (χ1n) is 6.61. The summed E-state index contributed by atoms with van der Waals surface area (Å²) in [6, 6.07) is 5.51. The first-order valence-corrected chi connectivity index (χ1v) is 6.61. The van der Waals surface area contributed by atoms with Crippen LogP contribution in [0.4, 0.5) is 0 Å². The van der Waals surface area contributed by atoms with Crippen LogP contribution in [-0.2, 0) is 4.79 Å². The van der Waals surface area contributed by atoms with Crippen LogP contribution in [0.15, 0.2) is 17.7 Å². The van der Waals surface area contributed by atoms with Gasteiger partial charge in [0.1, 0.15) is 17.4 Å². The second kappa shape index (κ2) is 5.37. The molecule has 1 aliphatic carbocycles. The van der Waals surface area contributed by atoms with Crippen molar-refractivity contribution >= 4 is 12.0 Å². The summed E-state index contributed by atoms with van der Waals surface area (Å²) < 4.78 is 15.8. The maximum absolute atomic E-state index is 12.0. The molecule has 0 radical (unpaired) electrons. The van der Waals surface area contributed by atoms with E-state index >= 15 is 0 Å². The summed E-state index contributed by atoms with van der Waals surface area (Å²) in [6.07, 6.45) is 3.44. The highest BCUT2D eigenvalue weighted by Gasteiger charge is 2.25. The summed E-state index contributed by atoms with van der Waals surface area (Å²) >= 11 is 0. The predicted octanol–water partition coefficient (Wildman–Crippen LogP) is 1.61. The molecule has 0 bridgehead atoms. The fourth-order valence-corrected chi connectivity index (χ4v) is 2.02. The minimum atomic E-state index is -0.361. The number of fused-ring (bicyclic) bond motifs is 1. The Labute approximate surface area is 121 Å². The van der Waals surface area contributed by atoms with Gasteiger partial charge in [0.25, 0.3) is 5.91 Å². The van der Waals surface area contributed by atoms with Gasteiger partial charge in [-0.15, -0.1) is 0 Å². The molecule has 21 heavy (non-hydrogen) atoms. The molecule has 108 valence electrons. The zero-order valence-electron chi connectivity index (χ0n) is 11.5. The Morgan fingerprint density at radius 3 is 2.76 bits per heavy atom. The molecular formula is C15H14N2O4. The molecular weight excluding hydrogens is 272 g/mol. The van der Waals surface area contributed by atoms with E-state index in [2.05, 4.69) is 5.32 Å². The molecule has 1 aliphatic heterocycles. The van der Waals surface area contributed by atoms with Crippen LogP contribution in [0.3, 0.4) is 0 Å². The third kappa shape index (κ3) is 2.77. The van der Waals surface area contributed by atoms with Crippen LogP contribution >= 0.6 is 0 Å². The molecule has 1 aromatic rings. The van der Waals surface area contributed by atoms with Gasteiger partial charge < -0.3 is 19.5 Å². The van der Waals surface area contributed by atoms with Gasteiger partial charge in [0.15, 0.2) is 11.5 Å². The number of rotatable bonds is 4. The minimum Gasteiger partial charge on any atom is -0.496 e. The van der Waals surface area contributed by atoms with Crippen LogP contribution < -0.4 is 19.5 Å². The Bertz CT molecular complexity index is 656. The van der Waals surface area contributed by atoms with E-state index in [4.69, 9.17) is 14.2 Å². The first kappa shape index (κ1) is 13.3. The molecule has 1 aromatic carbocycles. The average molecular weight is 286 g/mol. The van der Waals surface area contributed by atoms with Crippen molar-refractivity contribution in [3.63, 3.8) is 0 Å². The van der Waals surface area contributed by atoms with E-state index < -0.39 is 0 Å². The second-order valence-corrected chi connectivity index (χ2v) is 4.86. The molecule has 1 N–H and O–H groups in total. The van der Waals surface area contributed by atoms with Crippen molar-refractivity contribution in [2.24, 2.45) is 0 Å². The third-order valence-corrected chi connectivity index (χ3v) is 3.30. The molecule has 1 fully saturated rings. The lowest BCUT2D eigenvalue weighted by Gasteiger charge is -2.07. The van der Waals surface area contributed by atoms with Gasteiger partial charge in [0, 0.05) is 17.7 Å². The lowest BCUT2D eigenvalue weighted by molar-refractivity contribution is -0.117. The summed E-state index contributed by atoms with van der Waals surface area (Å²) in [4.78, 5) is 12.0. The Morgan fingerprint density at radius 1 is 1.43 bits per heavy atom. The van der Waals surface area contributed by atoms with Crippen LogP contribution in [0, 0.1) is 11.3 Å². The number of nitriles is 1. The fourth-order valence-electron chi connectivity index (χ4n) is 2.02. The fraction of sp³-hybridized carbons (Fsp3) is 0.333. The number of carbonyl (C=O) groups excluding carboxylic acids is 1. The van der Waals surface area contributed by atoms with Gasteiger partial charge in [-0.1, -0.05) is 0 Å². The number of nitrogens with one attached hydrogen (secondary N) is 1. The van der Waals surface area contributed by atoms with Crippen LogP contribution in [0.5, 0.6) is 17.2 Å². The Kier molecular flexibility index (Phi) is 3.40. The van der Waals surface area contributed by atoms with E-state index in [0.29, 0.717) is 22.8 Å². The highest BCUT2D eigenvalue weighted by atomic mass is 16.7.